The zero-order valence-corrected chi connectivity index (χ0v) is 14.7. The van der Waals surface area contributed by atoms with Crippen molar-refractivity contribution in [2.75, 3.05) is 0 Å². The second-order valence-corrected chi connectivity index (χ2v) is 5.98. The standard InChI is InChI=1S/C18H13ClFN3O4/c1-9-15(16(23-27-9)10-2-5-12(20)6-3-10)18(26)22-21-17(25)13-8-11(19)4-7-14(13)24/h2-8,24H,1H3,(H,21,25)(H,22,26). The SMILES string of the molecule is Cc1onc(-c2ccc(F)cc2)c1C(=O)NNC(=O)c1cc(Cl)ccc1O. The van der Waals surface area contributed by atoms with Crippen molar-refractivity contribution >= 4 is 23.4 Å². The maximum atomic E-state index is 13.1. The summed E-state index contributed by atoms with van der Waals surface area (Å²) in [4.78, 5) is 24.6. The van der Waals surface area contributed by atoms with Crippen LogP contribution in [0.5, 0.6) is 5.75 Å². The van der Waals surface area contributed by atoms with Gasteiger partial charge in [0, 0.05) is 10.6 Å². The number of aryl methyl sites for hydroxylation is 1. The Balaban J connectivity index is 1.79. The van der Waals surface area contributed by atoms with Crippen LogP contribution in [0.2, 0.25) is 5.02 Å². The van der Waals surface area contributed by atoms with E-state index < -0.39 is 17.6 Å². The van der Waals surface area contributed by atoms with Gasteiger partial charge in [-0.25, -0.2) is 4.39 Å². The lowest BCUT2D eigenvalue weighted by atomic mass is 10.1. The minimum Gasteiger partial charge on any atom is -0.507 e. The van der Waals surface area contributed by atoms with Gasteiger partial charge in [0.1, 0.15) is 28.6 Å². The molecule has 0 saturated heterocycles. The number of phenols is 1. The Labute approximate surface area is 157 Å². The maximum Gasteiger partial charge on any atom is 0.275 e. The molecule has 138 valence electrons. The number of carbonyl (C=O) groups is 2. The van der Waals surface area contributed by atoms with Crippen molar-refractivity contribution in [1.29, 1.82) is 0 Å². The van der Waals surface area contributed by atoms with Crippen LogP contribution in [0.25, 0.3) is 11.3 Å². The van der Waals surface area contributed by atoms with E-state index in [1.54, 1.807) is 0 Å². The lowest BCUT2D eigenvalue weighted by Crippen LogP contribution is -2.41. The molecule has 7 nitrogen and oxygen atoms in total. The quantitative estimate of drug-likeness (QED) is 0.596. The lowest BCUT2D eigenvalue weighted by Gasteiger charge is -2.09. The number of halogens is 2. The number of nitrogens with zero attached hydrogens (tertiary/aromatic N) is 1. The number of nitrogens with one attached hydrogen (secondary N) is 2. The van der Waals surface area contributed by atoms with Gasteiger partial charge >= 0.3 is 0 Å². The Kier molecular flexibility index (Phi) is 5.09. The molecule has 0 bridgehead atoms. The topological polar surface area (TPSA) is 104 Å². The first-order valence-electron chi connectivity index (χ1n) is 7.68. The predicted molar refractivity (Wildman–Crippen MR) is 94.7 cm³/mol. The van der Waals surface area contributed by atoms with Crippen LogP contribution >= 0.6 is 11.6 Å². The molecule has 0 atom stereocenters. The number of hydrazine groups is 1. The molecule has 1 heterocycles. The number of rotatable bonds is 3. The van der Waals surface area contributed by atoms with E-state index in [1.807, 2.05) is 0 Å². The first kappa shape index (κ1) is 18.4. The fraction of sp³-hybridized carbons (Fsp3) is 0.0556. The molecule has 1 aromatic heterocycles. The Morgan fingerprint density at radius 1 is 1.11 bits per heavy atom. The fourth-order valence-electron chi connectivity index (χ4n) is 2.38. The highest BCUT2D eigenvalue weighted by Gasteiger charge is 2.22. The number of carbonyl (C=O) groups excluding carboxylic acids is 2. The number of aromatic hydroxyl groups is 1. The lowest BCUT2D eigenvalue weighted by molar-refractivity contribution is 0.0844. The molecule has 0 aliphatic carbocycles. The average Bonchev–Trinajstić information content (AvgIpc) is 3.03. The highest BCUT2D eigenvalue weighted by molar-refractivity contribution is 6.31. The minimum absolute atomic E-state index is 0.0808. The van der Waals surface area contributed by atoms with E-state index in [2.05, 4.69) is 16.0 Å². The van der Waals surface area contributed by atoms with Crippen molar-refractivity contribution in [1.82, 2.24) is 16.0 Å². The summed E-state index contributed by atoms with van der Waals surface area (Å²) in [6, 6.07) is 9.29. The van der Waals surface area contributed by atoms with Crippen LogP contribution in [0.1, 0.15) is 26.5 Å². The van der Waals surface area contributed by atoms with Crippen LogP contribution in [-0.4, -0.2) is 22.1 Å². The van der Waals surface area contributed by atoms with Gasteiger partial charge in [-0.2, -0.15) is 0 Å². The highest BCUT2D eigenvalue weighted by Crippen LogP contribution is 2.25. The first-order chi connectivity index (χ1) is 12.9. The van der Waals surface area contributed by atoms with E-state index >= 15 is 0 Å². The van der Waals surface area contributed by atoms with Gasteiger partial charge in [0.15, 0.2) is 0 Å². The van der Waals surface area contributed by atoms with E-state index in [-0.39, 0.29) is 33.4 Å². The third-order valence-corrected chi connectivity index (χ3v) is 3.94. The van der Waals surface area contributed by atoms with Gasteiger partial charge < -0.3 is 9.63 Å². The molecule has 0 aliphatic rings. The Morgan fingerprint density at radius 3 is 2.48 bits per heavy atom. The second kappa shape index (κ2) is 7.46. The van der Waals surface area contributed by atoms with E-state index in [0.717, 1.165) is 0 Å². The molecule has 3 aromatic rings. The molecule has 0 radical (unpaired) electrons. The fourth-order valence-corrected chi connectivity index (χ4v) is 2.55. The molecular weight excluding hydrogens is 377 g/mol. The van der Waals surface area contributed by atoms with Crippen molar-refractivity contribution in [2.24, 2.45) is 0 Å². The molecule has 0 spiro atoms. The van der Waals surface area contributed by atoms with Crippen molar-refractivity contribution in [2.45, 2.75) is 6.92 Å². The number of hydrogen-bond donors (Lipinski definition) is 3. The Bertz CT molecular complexity index is 1020. The number of amides is 2. The third kappa shape index (κ3) is 3.90. The van der Waals surface area contributed by atoms with Crippen molar-refractivity contribution < 1.29 is 23.6 Å². The molecule has 0 fully saturated rings. The van der Waals surface area contributed by atoms with E-state index in [4.69, 9.17) is 16.1 Å². The summed E-state index contributed by atoms with van der Waals surface area (Å²) in [5.74, 6) is -1.96. The monoisotopic (exact) mass is 389 g/mol. The van der Waals surface area contributed by atoms with Crippen LogP contribution in [0.4, 0.5) is 4.39 Å². The summed E-state index contributed by atoms with van der Waals surface area (Å²) in [7, 11) is 0. The normalized spacial score (nSPS) is 10.5. The zero-order chi connectivity index (χ0) is 19.6. The Morgan fingerprint density at radius 2 is 1.78 bits per heavy atom. The largest absolute Gasteiger partial charge is 0.507 e. The molecule has 27 heavy (non-hydrogen) atoms. The average molecular weight is 390 g/mol. The smallest absolute Gasteiger partial charge is 0.275 e. The number of aromatic nitrogens is 1. The molecule has 0 unspecified atom stereocenters. The van der Waals surface area contributed by atoms with Crippen LogP contribution in [0.15, 0.2) is 47.0 Å². The van der Waals surface area contributed by atoms with Crippen molar-refractivity contribution in [3.63, 3.8) is 0 Å². The van der Waals surface area contributed by atoms with Crippen LogP contribution < -0.4 is 10.9 Å². The molecule has 2 amide bonds. The summed E-state index contributed by atoms with van der Waals surface area (Å²) in [6.07, 6.45) is 0. The van der Waals surface area contributed by atoms with Crippen molar-refractivity contribution in [3.8, 4) is 17.0 Å². The van der Waals surface area contributed by atoms with Gasteiger partial charge in [-0.1, -0.05) is 16.8 Å². The predicted octanol–water partition coefficient (Wildman–Crippen LogP) is 3.22. The van der Waals surface area contributed by atoms with Gasteiger partial charge in [-0.05, 0) is 49.4 Å². The van der Waals surface area contributed by atoms with Gasteiger partial charge in [0.25, 0.3) is 11.8 Å². The molecule has 0 saturated carbocycles. The molecule has 9 heteroatoms. The van der Waals surface area contributed by atoms with E-state index in [1.165, 1.54) is 49.4 Å². The van der Waals surface area contributed by atoms with Gasteiger partial charge in [-0.3, -0.25) is 20.4 Å². The molecule has 3 rings (SSSR count). The van der Waals surface area contributed by atoms with Gasteiger partial charge in [-0.15, -0.1) is 0 Å². The van der Waals surface area contributed by atoms with Crippen LogP contribution in [0.3, 0.4) is 0 Å². The summed E-state index contributed by atoms with van der Waals surface area (Å²) in [6.45, 7) is 1.53. The van der Waals surface area contributed by atoms with Crippen LogP contribution in [0, 0.1) is 12.7 Å². The molecule has 3 N–H and O–H groups in total. The molecular formula is C18H13ClFN3O4. The number of benzene rings is 2. The van der Waals surface area contributed by atoms with Gasteiger partial charge in [0.05, 0.1) is 5.56 Å². The van der Waals surface area contributed by atoms with Crippen LogP contribution in [-0.2, 0) is 0 Å². The Hall–Kier alpha value is -3.39. The number of hydrogen-bond acceptors (Lipinski definition) is 5. The van der Waals surface area contributed by atoms with Gasteiger partial charge in [0.2, 0.25) is 0 Å². The summed E-state index contributed by atoms with van der Waals surface area (Å²) in [5.41, 5.74) is 5.05. The minimum atomic E-state index is -0.763. The second-order valence-electron chi connectivity index (χ2n) is 5.54. The first-order valence-corrected chi connectivity index (χ1v) is 8.06. The number of phenolic OH excluding ortho intramolecular Hbond substituents is 1. The molecule has 0 aliphatic heterocycles. The summed E-state index contributed by atoms with van der Waals surface area (Å²) >= 11 is 5.80. The summed E-state index contributed by atoms with van der Waals surface area (Å²) in [5, 5.41) is 13.8. The molecule has 2 aromatic carbocycles. The highest BCUT2D eigenvalue weighted by atomic mass is 35.5. The third-order valence-electron chi connectivity index (χ3n) is 3.70. The van der Waals surface area contributed by atoms with Crippen molar-refractivity contribution in [3.05, 3.63) is 70.2 Å². The zero-order valence-electron chi connectivity index (χ0n) is 13.9. The van der Waals surface area contributed by atoms with E-state index in [9.17, 15) is 19.1 Å². The summed E-state index contributed by atoms with van der Waals surface area (Å²) < 4.78 is 18.2. The maximum absolute atomic E-state index is 13.1. The van der Waals surface area contributed by atoms with E-state index in [0.29, 0.717) is 5.56 Å².